The van der Waals surface area contributed by atoms with Crippen molar-refractivity contribution in [2.24, 2.45) is 0 Å². The molecule has 0 radical (unpaired) electrons. The van der Waals surface area contributed by atoms with Gasteiger partial charge in [-0.25, -0.2) is 0 Å². The first-order valence-electron chi connectivity index (χ1n) is 5.63. The molecule has 0 heterocycles. The van der Waals surface area contributed by atoms with Crippen molar-refractivity contribution in [3.8, 4) is 0 Å². The lowest BCUT2D eigenvalue weighted by Crippen LogP contribution is -2.01. The number of carbonyl (C=O) groups is 1. The van der Waals surface area contributed by atoms with Crippen LogP contribution in [0, 0.1) is 6.92 Å². The van der Waals surface area contributed by atoms with Crippen LogP contribution >= 0.6 is 23.4 Å². The maximum absolute atomic E-state index is 12.0. The predicted molar refractivity (Wildman–Crippen MR) is 77.7 cm³/mol. The van der Waals surface area contributed by atoms with E-state index in [0.29, 0.717) is 16.3 Å². The molecule has 0 aliphatic carbocycles. The normalized spacial score (nSPS) is 10.3. The van der Waals surface area contributed by atoms with Gasteiger partial charge in [-0.05, 0) is 43.3 Å². The summed E-state index contributed by atoms with van der Waals surface area (Å²) in [5, 5.41) is 0.651. The molecule has 0 atom stereocenters. The molecule has 0 bridgehead atoms. The van der Waals surface area contributed by atoms with Gasteiger partial charge in [-0.3, -0.25) is 4.79 Å². The molecule has 0 unspecified atom stereocenters. The highest BCUT2D eigenvalue weighted by atomic mass is 35.5. The Labute approximate surface area is 116 Å². The predicted octanol–water partition coefficient (Wildman–Crippen LogP) is 4.62. The van der Waals surface area contributed by atoms with Crippen molar-refractivity contribution in [3.05, 3.63) is 64.7 Å². The van der Waals surface area contributed by atoms with Crippen LogP contribution in [0.3, 0.4) is 0 Å². The molecule has 2 aromatic rings. The van der Waals surface area contributed by atoms with Crippen LogP contribution in [0.25, 0.3) is 0 Å². The van der Waals surface area contributed by atoms with Crippen LogP contribution in [0.5, 0.6) is 0 Å². The third-order valence-corrected chi connectivity index (χ3v) is 3.77. The summed E-state index contributed by atoms with van der Waals surface area (Å²) in [4.78, 5) is 13.1. The van der Waals surface area contributed by atoms with Crippen molar-refractivity contribution in [2.75, 3.05) is 5.75 Å². The van der Waals surface area contributed by atoms with E-state index in [1.54, 1.807) is 36.0 Å². The average molecular weight is 277 g/mol. The second-order valence-electron chi connectivity index (χ2n) is 4.04. The van der Waals surface area contributed by atoms with Gasteiger partial charge >= 0.3 is 0 Å². The van der Waals surface area contributed by atoms with Gasteiger partial charge in [0.2, 0.25) is 0 Å². The topological polar surface area (TPSA) is 17.1 Å². The van der Waals surface area contributed by atoms with Crippen LogP contribution in [0.4, 0.5) is 0 Å². The summed E-state index contributed by atoms with van der Waals surface area (Å²) in [7, 11) is 0. The molecule has 0 saturated heterocycles. The van der Waals surface area contributed by atoms with Crippen LogP contribution < -0.4 is 0 Å². The molecule has 0 saturated carbocycles. The second kappa shape index (κ2) is 6.07. The SMILES string of the molecule is Cc1cccc(SCC(=O)c2ccc(Cl)cc2)c1. The van der Waals surface area contributed by atoms with E-state index in [1.165, 1.54) is 5.56 Å². The monoisotopic (exact) mass is 276 g/mol. The summed E-state index contributed by atoms with van der Waals surface area (Å²) in [6.07, 6.45) is 0. The van der Waals surface area contributed by atoms with Crippen molar-refractivity contribution in [3.63, 3.8) is 0 Å². The lowest BCUT2D eigenvalue weighted by Gasteiger charge is -2.03. The van der Waals surface area contributed by atoms with Gasteiger partial charge in [0, 0.05) is 15.5 Å². The van der Waals surface area contributed by atoms with Gasteiger partial charge in [-0.1, -0.05) is 29.3 Å². The van der Waals surface area contributed by atoms with Crippen molar-refractivity contribution < 1.29 is 4.79 Å². The minimum absolute atomic E-state index is 0.123. The summed E-state index contributed by atoms with van der Waals surface area (Å²) < 4.78 is 0. The van der Waals surface area contributed by atoms with E-state index in [-0.39, 0.29) is 5.78 Å². The van der Waals surface area contributed by atoms with Crippen LogP contribution in [0.1, 0.15) is 15.9 Å². The molecule has 0 N–H and O–H groups in total. The fourth-order valence-electron chi connectivity index (χ4n) is 1.57. The Bertz CT molecular complexity index is 549. The number of carbonyl (C=O) groups excluding carboxylic acids is 1. The first-order valence-corrected chi connectivity index (χ1v) is 7.00. The lowest BCUT2D eigenvalue weighted by atomic mass is 10.1. The highest BCUT2D eigenvalue weighted by molar-refractivity contribution is 8.00. The number of halogens is 1. The first-order chi connectivity index (χ1) is 8.65. The minimum Gasteiger partial charge on any atom is -0.293 e. The quantitative estimate of drug-likeness (QED) is 0.598. The van der Waals surface area contributed by atoms with Crippen molar-refractivity contribution in [1.82, 2.24) is 0 Å². The molecular formula is C15H13ClOS. The highest BCUT2D eigenvalue weighted by Crippen LogP contribution is 2.20. The van der Waals surface area contributed by atoms with Gasteiger partial charge in [-0.2, -0.15) is 0 Å². The number of aryl methyl sites for hydroxylation is 1. The smallest absolute Gasteiger partial charge is 0.173 e. The fraction of sp³-hybridized carbons (Fsp3) is 0.133. The number of rotatable bonds is 4. The Morgan fingerprint density at radius 3 is 2.56 bits per heavy atom. The summed E-state index contributed by atoms with van der Waals surface area (Å²) in [5.74, 6) is 0.573. The molecular weight excluding hydrogens is 264 g/mol. The van der Waals surface area contributed by atoms with Crippen molar-refractivity contribution in [1.29, 1.82) is 0 Å². The standard InChI is InChI=1S/C15H13ClOS/c1-11-3-2-4-14(9-11)18-10-15(17)12-5-7-13(16)8-6-12/h2-9H,10H2,1H3. The summed E-state index contributed by atoms with van der Waals surface area (Å²) in [6.45, 7) is 2.05. The molecule has 3 heteroatoms. The maximum Gasteiger partial charge on any atom is 0.173 e. The van der Waals surface area contributed by atoms with E-state index in [0.717, 1.165) is 4.90 Å². The zero-order chi connectivity index (χ0) is 13.0. The molecule has 0 spiro atoms. The zero-order valence-electron chi connectivity index (χ0n) is 10.0. The Balaban J connectivity index is 1.98. The molecule has 1 nitrogen and oxygen atoms in total. The summed E-state index contributed by atoms with van der Waals surface area (Å²) in [5.41, 5.74) is 1.92. The molecule has 0 amide bonds. The second-order valence-corrected chi connectivity index (χ2v) is 5.52. The van der Waals surface area contributed by atoms with Crippen LogP contribution in [-0.2, 0) is 0 Å². The lowest BCUT2D eigenvalue weighted by molar-refractivity contribution is 0.102. The molecule has 92 valence electrons. The van der Waals surface area contributed by atoms with Gasteiger partial charge in [0.1, 0.15) is 0 Å². The Hall–Kier alpha value is -1.25. The van der Waals surface area contributed by atoms with Gasteiger partial charge in [0.25, 0.3) is 0 Å². The molecule has 0 aromatic heterocycles. The number of hydrogen-bond donors (Lipinski definition) is 0. The van der Waals surface area contributed by atoms with Crippen LogP contribution in [0.2, 0.25) is 5.02 Å². The maximum atomic E-state index is 12.0. The summed E-state index contributed by atoms with van der Waals surface area (Å²) in [6, 6.07) is 15.2. The molecule has 0 aliphatic heterocycles. The third-order valence-electron chi connectivity index (χ3n) is 2.53. The molecule has 0 fully saturated rings. The van der Waals surface area contributed by atoms with Gasteiger partial charge in [0.15, 0.2) is 5.78 Å². The average Bonchev–Trinajstić information content (AvgIpc) is 2.37. The Kier molecular flexibility index (Phi) is 4.45. The largest absolute Gasteiger partial charge is 0.293 e. The summed E-state index contributed by atoms with van der Waals surface area (Å²) >= 11 is 7.35. The number of thioether (sulfide) groups is 1. The van der Waals surface area contributed by atoms with E-state index in [4.69, 9.17) is 11.6 Å². The number of ketones is 1. The van der Waals surface area contributed by atoms with E-state index in [1.807, 2.05) is 25.1 Å². The zero-order valence-corrected chi connectivity index (χ0v) is 11.6. The molecule has 2 aromatic carbocycles. The van der Waals surface area contributed by atoms with Crippen LogP contribution in [0.15, 0.2) is 53.4 Å². The van der Waals surface area contributed by atoms with E-state index < -0.39 is 0 Å². The van der Waals surface area contributed by atoms with Crippen molar-refractivity contribution in [2.45, 2.75) is 11.8 Å². The Morgan fingerprint density at radius 2 is 1.89 bits per heavy atom. The van der Waals surface area contributed by atoms with E-state index in [2.05, 4.69) is 6.07 Å². The fourth-order valence-corrected chi connectivity index (χ4v) is 2.61. The molecule has 0 aliphatic rings. The van der Waals surface area contributed by atoms with Gasteiger partial charge in [-0.15, -0.1) is 11.8 Å². The van der Waals surface area contributed by atoms with Crippen LogP contribution in [-0.4, -0.2) is 11.5 Å². The van der Waals surface area contributed by atoms with E-state index >= 15 is 0 Å². The van der Waals surface area contributed by atoms with Crippen molar-refractivity contribution >= 4 is 29.1 Å². The van der Waals surface area contributed by atoms with Gasteiger partial charge in [0.05, 0.1) is 5.75 Å². The number of Topliss-reactive ketones (excluding diaryl/α,β-unsaturated/α-hetero) is 1. The third kappa shape index (κ3) is 3.62. The minimum atomic E-state index is 0.123. The van der Waals surface area contributed by atoms with E-state index in [9.17, 15) is 4.79 Å². The first kappa shape index (κ1) is 13.2. The molecule has 2 rings (SSSR count). The Morgan fingerprint density at radius 1 is 1.17 bits per heavy atom. The highest BCUT2D eigenvalue weighted by Gasteiger charge is 2.06. The number of benzene rings is 2. The number of hydrogen-bond acceptors (Lipinski definition) is 2. The molecule has 18 heavy (non-hydrogen) atoms. The van der Waals surface area contributed by atoms with Gasteiger partial charge < -0.3 is 0 Å².